The van der Waals surface area contributed by atoms with Gasteiger partial charge in [-0.2, -0.15) is 0 Å². The van der Waals surface area contributed by atoms with Crippen LogP contribution in [0.2, 0.25) is 0 Å². The second kappa shape index (κ2) is 8.89. The third kappa shape index (κ3) is 5.01. The van der Waals surface area contributed by atoms with Gasteiger partial charge in [0.2, 0.25) is 10.0 Å². The van der Waals surface area contributed by atoms with Crippen molar-refractivity contribution in [2.75, 3.05) is 19.5 Å². The van der Waals surface area contributed by atoms with E-state index < -0.39 is 10.0 Å². The molecular weight excluding hydrogens is 388 g/mol. The van der Waals surface area contributed by atoms with E-state index in [4.69, 9.17) is 4.74 Å². The molecule has 0 aliphatic carbocycles. The van der Waals surface area contributed by atoms with E-state index in [2.05, 4.69) is 10.0 Å². The van der Waals surface area contributed by atoms with Gasteiger partial charge < -0.3 is 10.1 Å². The van der Waals surface area contributed by atoms with Crippen LogP contribution in [0.25, 0.3) is 0 Å². The maximum atomic E-state index is 12.6. The predicted octanol–water partition coefficient (Wildman–Crippen LogP) is 3.45. The molecule has 29 heavy (non-hydrogen) atoms. The van der Waals surface area contributed by atoms with Gasteiger partial charge in [-0.1, -0.05) is 30.3 Å². The van der Waals surface area contributed by atoms with Crippen molar-refractivity contribution >= 4 is 21.6 Å². The number of ether oxygens (including phenoxy) is 1. The second-order valence-corrected chi connectivity index (χ2v) is 8.26. The summed E-state index contributed by atoms with van der Waals surface area (Å²) in [6.07, 6.45) is 0.671. The molecule has 1 amide bonds. The predicted molar refractivity (Wildman–Crippen MR) is 113 cm³/mol. The zero-order chi connectivity index (χ0) is 20.9. The first-order valence-corrected chi connectivity index (χ1v) is 10.5. The van der Waals surface area contributed by atoms with Gasteiger partial charge in [-0.25, -0.2) is 13.1 Å². The van der Waals surface area contributed by atoms with Crippen molar-refractivity contribution in [3.05, 3.63) is 89.5 Å². The zero-order valence-electron chi connectivity index (χ0n) is 16.2. The van der Waals surface area contributed by atoms with Crippen LogP contribution in [-0.4, -0.2) is 28.5 Å². The van der Waals surface area contributed by atoms with E-state index in [0.29, 0.717) is 17.7 Å². The van der Waals surface area contributed by atoms with Crippen LogP contribution in [-0.2, 0) is 16.4 Å². The number of benzene rings is 3. The van der Waals surface area contributed by atoms with Crippen LogP contribution in [0.1, 0.15) is 21.5 Å². The summed E-state index contributed by atoms with van der Waals surface area (Å²) >= 11 is 0. The van der Waals surface area contributed by atoms with E-state index in [1.54, 1.807) is 13.2 Å². The van der Waals surface area contributed by atoms with Gasteiger partial charge in [0.05, 0.1) is 12.0 Å². The van der Waals surface area contributed by atoms with Crippen molar-refractivity contribution in [3.8, 4) is 5.75 Å². The molecule has 0 heterocycles. The number of hydrogen-bond acceptors (Lipinski definition) is 4. The standard InChI is InChI=1S/C22H22N2O4S/c1-23-29(26,27)20-11-8-17(9-12-20)22(25)24-19-10-13-21(28-2)18(15-19)14-16-6-4-3-5-7-16/h3-13,15,23H,14H2,1-2H3,(H,24,25). The summed E-state index contributed by atoms with van der Waals surface area (Å²) in [6.45, 7) is 0. The molecule has 0 fully saturated rings. The highest BCUT2D eigenvalue weighted by atomic mass is 32.2. The average Bonchev–Trinajstić information content (AvgIpc) is 2.75. The monoisotopic (exact) mass is 410 g/mol. The fraction of sp³-hybridized carbons (Fsp3) is 0.136. The SMILES string of the molecule is CNS(=O)(=O)c1ccc(C(=O)Nc2ccc(OC)c(Cc3ccccc3)c2)cc1. The topological polar surface area (TPSA) is 84.5 Å². The number of methoxy groups -OCH3 is 1. The molecule has 0 unspecified atom stereocenters. The van der Waals surface area contributed by atoms with Gasteiger partial charge >= 0.3 is 0 Å². The molecule has 0 aromatic heterocycles. The Morgan fingerprint density at radius 1 is 0.966 bits per heavy atom. The van der Waals surface area contributed by atoms with Crippen molar-refractivity contribution < 1.29 is 17.9 Å². The van der Waals surface area contributed by atoms with Crippen LogP contribution >= 0.6 is 0 Å². The summed E-state index contributed by atoms with van der Waals surface area (Å²) in [6, 6.07) is 21.2. The van der Waals surface area contributed by atoms with E-state index in [-0.39, 0.29) is 10.8 Å². The lowest BCUT2D eigenvalue weighted by atomic mass is 10.0. The van der Waals surface area contributed by atoms with Crippen molar-refractivity contribution in [1.82, 2.24) is 4.72 Å². The minimum Gasteiger partial charge on any atom is -0.496 e. The van der Waals surface area contributed by atoms with Gasteiger partial charge in [-0.05, 0) is 55.1 Å². The molecule has 0 atom stereocenters. The fourth-order valence-electron chi connectivity index (χ4n) is 2.92. The molecule has 3 aromatic rings. The van der Waals surface area contributed by atoms with Crippen LogP contribution in [0.3, 0.4) is 0 Å². The molecule has 0 bridgehead atoms. The van der Waals surface area contributed by atoms with Crippen molar-refractivity contribution in [1.29, 1.82) is 0 Å². The molecule has 0 spiro atoms. The molecular formula is C22H22N2O4S. The molecule has 0 saturated heterocycles. The molecule has 150 valence electrons. The zero-order valence-corrected chi connectivity index (χ0v) is 17.0. The number of amides is 1. The van der Waals surface area contributed by atoms with Gasteiger partial charge in [0.15, 0.2) is 0 Å². The molecule has 0 radical (unpaired) electrons. The Hall–Kier alpha value is -3.16. The summed E-state index contributed by atoms with van der Waals surface area (Å²) < 4.78 is 31.3. The van der Waals surface area contributed by atoms with E-state index in [1.165, 1.54) is 31.3 Å². The molecule has 7 heteroatoms. The molecule has 3 aromatic carbocycles. The Labute approximate surface area is 170 Å². The Bertz CT molecular complexity index is 1100. The molecule has 0 aliphatic rings. The highest BCUT2D eigenvalue weighted by Gasteiger charge is 2.13. The van der Waals surface area contributed by atoms with Gasteiger partial charge in [0, 0.05) is 23.2 Å². The number of carbonyl (C=O) groups excluding carboxylic acids is 1. The Balaban J connectivity index is 1.79. The van der Waals surface area contributed by atoms with Gasteiger partial charge in [0.1, 0.15) is 5.75 Å². The quantitative estimate of drug-likeness (QED) is 0.625. The summed E-state index contributed by atoms with van der Waals surface area (Å²) in [4.78, 5) is 12.7. The minimum absolute atomic E-state index is 0.103. The van der Waals surface area contributed by atoms with Crippen molar-refractivity contribution in [2.45, 2.75) is 11.3 Å². The highest BCUT2D eigenvalue weighted by Crippen LogP contribution is 2.25. The van der Waals surface area contributed by atoms with Crippen LogP contribution in [0, 0.1) is 0 Å². The molecule has 3 rings (SSSR count). The van der Waals surface area contributed by atoms with Crippen molar-refractivity contribution in [2.24, 2.45) is 0 Å². The average molecular weight is 410 g/mol. The van der Waals surface area contributed by atoms with Gasteiger partial charge in [-0.3, -0.25) is 4.79 Å². The van der Waals surface area contributed by atoms with Crippen LogP contribution in [0.15, 0.2) is 77.7 Å². The fourth-order valence-corrected chi connectivity index (χ4v) is 3.65. The van der Waals surface area contributed by atoms with Crippen molar-refractivity contribution in [3.63, 3.8) is 0 Å². The van der Waals surface area contributed by atoms with Crippen LogP contribution in [0.5, 0.6) is 5.75 Å². The first kappa shape index (κ1) is 20.6. The lowest BCUT2D eigenvalue weighted by Gasteiger charge is -2.12. The molecule has 2 N–H and O–H groups in total. The van der Waals surface area contributed by atoms with E-state index >= 15 is 0 Å². The lowest BCUT2D eigenvalue weighted by molar-refractivity contribution is 0.102. The third-order valence-electron chi connectivity index (χ3n) is 4.47. The summed E-state index contributed by atoms with van der Waals surface area (Å²) in [5, 5.41) is 2.85. The molecule has 0 saturated carbocycles. The highest BCUT2D eigenvalue weighted by molar-refractivity contribution is 7.89. The first-order valence-electron chi connectivity index (χ1n) is 8.99. The number of anilines is 1. The van der Waals surface area contributed by atoms with E-state index in [9.17, 15) is 13.2 Å². The third-order valence-corrected chi connectivity index (χ3v) is 5.90. The first-order chi connectivity index (χ1) is 13.9. The maximum absolute atomic E-state index is 12.6. The van der Waals surface area contributed by atoms with Crippen LogP contribution < -0.4 is 14.8 Å². The van der Waals surface area contributed by atoms with Crippen LogP contribution in [0.4, 0.5) is 5.69 Å². The maximum Gasteiger partial charge on any atom is 0.255 e. The second-order valence-electron chi connectivity index (χ2n) is 6.38. The number of sulfonamides is 1. The number of rotatable bonds is 7. The van der Waals surface area contributed by atoms with Gasteiger partial charge in [0.25, 0.3) is 5.91 Å². The lowest BCUT2D eigenvalue weighted by Crippen LogP contribution is -2.19. The summed E-state index contributed by atoms with van der Waals surface area (Å²) in [7, 11) is -0.584. The van der Waals surface area contributed by atoms with E-state index in [0.717, 1.165) is 16.9 Å². The van der Waals surface area contributed by atoms with Gasteiger partial charge in [-0.15, -0.1) is 0 Å². The smallest absolute Gasteiger partial charge is 0.255 e. The Kier molecular flexibility index (Phi) is 6.31. The molecule has 0 aliphatic heterocycles. The minimum atomic E-state index is -3.54. The largest absolute Gasteiger partial charge is 0.496 e. The number of hydrogen-bond donors (Lipinski definition) is 2. The number of nitrogens with one attached hydrogen (secondary N) is 2. The molecule has 6 nitrogen and oxygen atoms in total. The summed E-state index contributed by atoms with van der Waals surface area (Å²) in [5.41, 5.74) is 3.08. The number of carbonyl (C=O) groups is 1. The summed E-state index contributed by atoms with van der Waals surface area (Å²) in [5.74, 6) is 0.419. The Morgan fingerprint density at radius 3 is 2.28 bits per heavy atom. The normalized spacial score (nSPS) is 11.1. The Morgan fingerprint density at radius 2 is 1.66 bits per heavy atom. The van der Waals surface area contributed by atoms with E-state index in [1.807, 2.05) is 42.5 Å².